The van der Waals surface area contributed by atoms with Crippen LogP contribution in [0.5, 0.6) is 11.5 Å². The standard InChI is InChI=1S/C63H69N4O.Pt/c1-59(2,3)42-21-18-20-41(30-42)51-23-19-25-56-58(51)67(47-32-44(61(7,8)9)31-45(33-47)62(10,11)12)39-66(56,40-67)48-34-46(63(13,14)15)35-50(37-48)68-49-26-27-53-52-22-16-17-24-54(52)65(55(53)38-49)57-36-43(28-29-64-57)60(4,5)6;/h16-36,39H,40H2,1-15H3;/q-1;/t66-,67+;/m1./s1. The Morgan fingerprint density at radius 3 is 1.80 bits per heavy atom. The quantitative estimate of drug-likeness (QED) is 0.123. The third kappa shape index (κ3) is 8.31. The molecule has 0 radical (unpaired) electrons. The maximum absolute atomic E-state index is 7.02. The summed E-state index contributed by atoms with van der Waals surface area (Å²) in [5, 5.41) is 2.26. The molecule has 69 heavy (non-hydrogen) atoms. The van der Waals surface area contributed by atoms with Crippen LogP contribution in [-0.2, 0) is 48.1 Å². The Morgan fingerprint density at radius 1 is 0.536 bits per heavy atom. The van der Waals surface area contributed by atoms with Crippen LogP contribution < -0.4 is 13.7 Å². The Morgan fingerprint density at radius 2 is 1.14 bits per heavy atom. The molecule has 2 atom stereocenters. The minimum absolute atomic E-state index is 0. The van der Waals surface area contributed by atoms with E-state index in [4.69, 9.17) is 9.72 Å². The third-order valence-corrected chi connectivity index (χ3v) is 14.6. The summed E-state index contributed by atoms with van der Waals surface area (Å²) in [6, 6.07) is 52.9. The van der Waals surface area contributed by atoms with Crippen molar-refractivity contribution in [3.05, 3.63) is 174 Å². The van der Waals surface area contributed by atoms with Crippen LogP contribution in [0.4, 0.5) is 22.7 Å². The molecule has 2 bridgehead atoms. The van der Waals surface area contributed by atoms with Gasteiger partial charge in [-0.1, -0.05) is 170 Å². The van der Waals surface area contributed by atoms with E-state index in [1.165, 1.54) is 56.0 Å². The van der Waals surface area contributed by atoms with Crippen LogP contribution in [0.2, 0.25) is 0 Å². The molecule has 0 saturated carbocycles. The molecule has 5 nitrogen and oxygen atoms in total. The monoisotopic (exact) mass is 1090 g/mol. The number of para-hydroxylation sites is 2. The largest absolute Gasteiger partial charge is 0.509 e. The minimum atomic E-state index is -0.165. The average Bonchev–Trinajstić information content (AvgIpc) is 3.86. The van der Waals surface area contributed by atoms with E-state index in [1.54, 1.807) is 0 Å². The number of ether oxygens (including phenoxy) is 1. The van der Waals surface area contributed by atoms with E-state index in [1.807, 2.05) is 6.20 Å². The number of nitrogens with zero attached hydrogens (tertiary/aromatic N) is 4. The van der Waals surface area contributed by atoms with Gasteiger partial charge in [0.1, 0.15) is 11.5 Å². The van der Waals surface area contributed by atoms with Gasteiger partial charge in [-0.2, -0.15) is 6.07 Å². The predicted molar refractivity (Wildman–Crippen MR) is 287 cm³/mol. The molecule has 0 spiro atoms. The van der Waals surface area contributed by atoms with E-state index in [0.717, 1.165) is 40.0 Å². The molecule has 3 aliphatic heterocycles. The number of hydrogen-bond acceptors (Lipinski definition) is 2. The van der Waals surface area contributed by atoms with Crippen molar-refractivity contribution in [1.29, 1.82) is 0 Å². The van der Waals surface area contributed by atoms with E-state index < -0.39 is 0 Å². The Bertz CT molecular complexity index is 3260. The number of pyridine rings is 1. The zero-order valence-electron chi connectivity index (χ0n) is 43.4. The van der Waals surface area contributed by atoms with E-state index in [-0.39, 0.29) is 48.1 Å². The summed E-state index contributed by atoms with van der Waals surface area (Å²) in [6.45, 7) is 37.9. The minimum Gasteiger partial charge on any atom is -0.509 e. The Hall–Kier alpha value is -5.32. The van der Waals surface area contributed by atoms with Crippen LogP contribution in [0, 0.1) is 18.8 Å². The van der Waals surface area contributed by atoms with E-state index >= 15 is 0 Å². The molecule has 11 rings (SSSR count). The summed E-state index contributed by atoms with van der Waals surface area (Å²) in [4.78, 5) is 4.92. The molecule has 0 unspecified atom stereocenters. The van der Waals surface area contributed by atoms with Gasteiger partial charge in [0.2, 0.25) is 0 Å². The van der Waals surface area contributed by atoms with Crippen molar-refractivity contribution >= 4 is 44.6 Å². The van der Waals surface area contributed by atoms with Crippen molar-refractivity contribution in [3.63, 3.8) is 0 Å². The smallest absolute Gasteiger partial charge is 0.187 e. The zero-order valence-corrected chi connectivity index (χ0v) is 45.7. The Balaban J connectivity index is 0.00000593. The third-order valence-electron chi connectivity index (χ3n) is 14.6. The topological polar surface area (TPSA) is 27.1 Å². The zero-order chi connectivity index (χ0) is 48.6. The van der Waals surface area contributed by atoms with Crippen LogP contribution in [-0.4, -0.2) is 16.2 Å². The van der Waals surface area contributed by atoms with Gasteiger partial charge in [0, 0.05) is 73.7 Å². The number of aromatic nitrogens is 2. The van der Waals surface area contributed by atoms with Gasteiger partial charge in [0.15, 0.2) is 18.0 Å². The van der Waals surface area contributed by atoms with E-state index in [2.05, 4.69) is 249 Å². The molecule has 6 heteroatoms. The maximum Gasteiger partial charge on any atom is 0.187 e. The van der Waals surface area contributed by atoms with Crippen LogP contribution in [0.1, 0.15) is 132 Å². The molecule has 5 heterocycles. The normalized spacial score (nSPS) is 18.2. The maximum atomic E-state index is 7.02. The molecule has 2 aromatic heterocycles. The fraction of sp³-hybridized carbons (Fsp3) is 0.333. The molecule has 6 aromatic carbocycles. The number of rotatable bonds is 6. The van der Waals surface area contributed by atoms with Gasteiger partial charge in [0.05, 0.1) is 6.67 Å². The second-order valence-corrected chi connectivity index (χ2v) is 24.8. The number of fused-ring (bicyclic) bond motifs is 3. The summed E-state index contributed by atoms with van der Waals surface area (Å²) in [7, 11) is 0. The van der Waals surface area contributed by atoms with Crippen molar-refractivity contribution < 1.29 is 25.8 Å². The summed E-state index contributed by atoms with van der Waals surface area (Å²) < 4.78 is 10.4. The van der Waals surface area contributed by atoms with Gasteiger partial charge >= 0.3 is 0 Å². The molecule has 0 N–H and O–H groups in total. The van der Waals surface area contributed by atoms with Crippen LogP contribution in [0.3, 0.4) is 0 Å². The van der Waals surface area contributed by atoms with Crippen molar-refractivity contribution in [2.75, 3.05) is 6.67 Å². The van der Waals surface area contributed by atoms with Crippen molar-refractivity contribution in [2.45, 2.75) is 131 Å². The van der Waals surface area contributed by atoms with Crippen molar-refractivity contribution in [3.8, 4) is 28.4 Å². The second kappa shape index (κ2) is 16.4. The van der Waals surface area contributed by atoms with Gasteiger partial charge in [-0.15, -0.1) is 35.2 Å². The summed E-state index contributed by atoms with van der Waals surface area (Å²) in [6.07, 6.45) is 1.92. The van der Waals surface area contributed by atoms with Gasteiger partial charge in [0.25, 0.3) is 0 Å². The first-order valence-electron chi connectivity index (χ1n) is 24.5. The van der Waals surface area contributed by atoms with E-state index in [9.17, 15) is 0 Å². The van der Waals surface area contributed by atoms with Gasteiger partial charge in [-0.05, 0) is 84.5 Å². The average molecular weight is 1090 g/mol. The number of hydrogen-bond donors (Lipinski definition) is 0. The molecule has 358 valence electrons. The number of quaternary nitrogens is 2. The second-order valence-electron chi connectivity index (χ2n) is 24.8. The SMILES string of the molecule is CC(C)(C)c1cc(Oc2[c-]c3c(cc2)c2ccccc2n3-c2cc(C(C)(C)C)ccn2)[c-]c([N@@+]23[CH-][N@@+](c4cc(C(C)(C)C)cc(C(C)(C)C)c4)(C2)c2c(-c4cccc(C(C)(C)C)c4)cccc23)c1.[Pt]. The van der Waals surface area contributed by atoms with Crippen LogP contribution in [0.25, 0.3) is 38.8 Å². The summed E-state index contributed by atoms with van der Waals surface area (Å²) in [5.41, 5.74) is 15.7. The fourth-order valence-electron chi connectivity index (χ4n) is 10.4. The number of benzene rings is 6. The molecular weight excluding hydrogens is 1020 g/mol. The van der Waals surface area contributed by atoms with Gasteiger partial charge in [-0.25, -0.2) is 4.98 Å². The Kier molecular flexibility index (Phi) is 11.6. The molecule has 0 aliphatic carbocycles. The first-order chi connectivity index (χ1) is 31.8. The van der Waals surface area contributed by atoms with Gasteiger partial charge < -0.3 is 13.8 Å². The van der Waals surface area contributed by atoms with E-state index in [0.29, 0.717) is 20.5 Å². The van der Waals surface area contributed by atoms with Crippen LogP contribution in [0.15, 0.2) is 128 Å². The molecule has 0 amide bonds. The fourth-order valence-corrected chi connectivity index (χ4v) is 10.4. The first-order valence-corrected chi connectivity index (χ1v) is 24.5. The van der Waals surface area contributed by atoms with Crippen molar-refractivity contribution in [1.82, 2.24) is 18.5 Å². The molecule has 3 aliphatic rings. The Labute approximate surface area is 426 Å². The molecule has 8 aromatic rings. The molecule has 1 fully saturated rings. The van der Waals surface area contributed by atoms with Gasteiger partial charge in [-0.3, -0.25) is 4.48 Å². The predicted octanol–water partition coefficient (Wildman–Crippen LogP) is 17.1. The van der Waals surface area contributed by atoms with Crippen LogP contribution >= 0.6 is 0 Å². The molecule has 1 saturated heterocycles. The summed E-state index contributed by atoms with van der Waals surface area (Å²) in [5.74, 6) is 2.18. The summed E-state index contributed by atoms with van der Waals surface area (Å²) >= 11 is 0. The van der Waals surface area contributed by atoms with Crippen molar-refractivity contribution in [2.24, 2.45) is 0 Å². The first kappa shape index (κ1) is 48.7. The molecular formula is C63H69N4OPt-.